The number of amides is 1. The van der Waals surface area contributed by atoms with Crippen molar-refractivity contribution in [3.63, 3.8) is 0 Å². The molecule has 1 amide bonds. The summed E-state index contributed by atoms with van der Waals surface area (Å²) in [7, 11) is 3.54. The Morgan fingerprint density at radius 3 is 2.88 bits per heavy atom. The number of nitrogens with zero attached hydrogens (tertiary/aromatic N) is 3. The molecular weight excluding hydrogens is 335 g/mol. The standard InChI is InChI=1S/C19H19FN4O2/c1-10-13-9-22-16(23-18(25)12-7-14(12)20)8-15(13)24(2)17(10)11-5-4-6-21-19(11)26-3/h4-6,8-9,12,14H,7H2,1-3H3,(H,22,23,25). The van der Waals surface area contributed by atoms with Crippen LogP contribution in [0.3, 0.4) is 0 Å². The number of aryl methyl sites for hydroxylation is 2. The third-order valence-corrected chi connectivity index (χ3v) is 4.86. The number of hydrogen-bond acceptors (Lipinski definition) is 4. The number of pyridine rings is 2. The zero-order valence-corrected chi connectivity index (χ0v) is 14.8. The summed E-state index contributed by atoms with van der Waals surface area (Å²) in [6.45, 7) is 2.02. The Balaban J connectivity index is 1.77. The molecular formula is C19H19FN4O2. The van der Waals surface area contributed by atoms with Crippen molar-refractivity contribution in [1.29, 1.82) is 0 Å². The number of carbonyl (C=O) groups excluding carboxylic acids is 1. The van der Waals surface area contributed by atoms with Gasteiger partial charge in [0.05, 0.1) is 29.8 Å². The zero-order chi connectivity index (χ0) is 18.4. The maximum absolute atomic E-state index is 13.1. The summed E-state index contributed by atoms with van der Waals surface area (Å²) in [5.41, 5.74) is 3.82. The molecule has 0 bridgehead atoms. The molecule has 4 rings (SSSR count). The molecule has 1 aliphatic carbocycles. The van der Waals surface area contributed by atoms with E-state index in [9.17, 15) is 9.18 Å². The van der Waals surface area contributed by atoms with Crippen molar-refractivity contribution >= 4 is 22.6 Å². The van der Waals surface area contributed by atoms with Gasteiger partial charge in [-0.1, -0.05) is 0 Å². The summed E-state index contributed by atoms with van der Waals surface area (Å²) in [5.74, 6) is 0.111. The van der Waals surface area contributed by atoms with E-state index in [0.717, 1.165) is 27.7 Å². The van der Waals surface area contributed by atoms with Gasteiger partial charge in [0, 0.05) is 30.9 Å². The van der Waals surface area contributed by atoms with Crippen molar-refractivity contribution < 1.29 is 13.9 Å². The molecule has 3 aromatic heterocycles. The van der Waals surface area contributed by atoms with E-state index in [1.165, 1.54) is 0 Å². The van der Waals surface area contributed by atoms with Crippen molar-refractivity contribution in [3.8, 4) is 17.1 Å². The SMILES string of the molecule is COc1ncccc1-c1c(C)c2cnc(NC(=O)C3CC3F)cc2n1C. The summed E-state index contributed by atoms with van der Waals surface area (Å²) in [4.78, 5) is 20.6. The van der Waals surface area contributed by atoms with Gasteiger partial charge < -0.3 is 14.6 Å². The lowest BCUT2D eigenvalue weighted by atomic mass is 10.1. The second-order valence-corrected chi connectivity index (χ2v) is 6.53. The molecule has 6 nitrogen and oxygen atoms in total. The molecule has 2 atom stereocenters. The van der Waals surface area contributed by atoms with Crippen LogP contribution >= 0.6 is 0 Å². The van der Waals surface area contributed by atoms with E-state index < -0.39 is 12.1 Å². The Bertz CT molecular complexity index is 1010. The lowest BCUT2D eigenvalue weighted by Crippen LogP contribution is -2.15. The molecule has 0 radical (unpaired) electrons. The van der Waals surface area contributed by atoms with Crippen LogP contribution in [0, 0.1) is 12.8 Å². The highest BCUT2D eigenvalue weighted by Gasteiger charge is 2.43. The molecule has 1 N–H and O–H groups in total. The number of nitrogens with one attached hydrogen (secondary N) is 1. The van der Waals surface area contributed by atoms with Gasteiger partial charge in [-0.05, 0) is 31.0 Å². The molecule has 1 aliphatic rings. The van der Waals surface area contributed by atoms with Gasteiger partial charge in [0.2, 0.25) is 11.8 Å². The van der Waals surface area contributed by atoms with E-state index in [2.05, 4.69) is 15.3 Å². The first-order chi connectivity index (χ1) is 12.5. The highest BCUT2D eigenvalue weighted by molar-refractivity contribution is 5.97. The lowest BCUT2D eigenvalue weighted by Gasteiger charge is -2.10. The maximum atomic E-state index is 13.1. The van der Waals surface area contributed by atoms with Crippen LogP contribution in [-0.4, -0.2) is 33.7 Å². The fourth-order valence-electron chi connectivity index (χ4n) is 3.35. The van der Waals surface area contributed by atoms with E-state index in [1.807, 2.05) is 36.7 Å². The molecule has 134 valence electrons. The Labute approximate surface area is 150 Å². The van der Waals surface area contributed by atoms with Crippen LogP contribution in [0.25, 0.3) is 22.2 Å². The van der Waals surface area contributed by atoms with Gasteiger partial charge in [-0.15, -0.1) is 0 Å². The third kappa shape index (κ3) is 2.60. The number of fused-ring (bicyclic) bond motifs is 1. The molecule has 3 heterocycles. The molecule has 0 spiro atoms. The van der Waals surface area contributed by atoms with Crippen LogP contribution in [0.15, 0.2) is 30.6 Å². The fourth-order valence-corrected chi connectivity index (χ4v) is 3.35. The number of halogens is 1. The topological polar surface area (TPSA) is 69.0 Å². The minimum atomic E-state index is -1.03. The van der Waals surface area contributed by atoms with Gasteiger partial charge in [-0.25, -0.2) is 14.4 Å². The monoisotopic (exact) mass is 354 g/mol. The minimum Gasteiger partial charge on any atom is -0.481 e. The minimum absolute atomic E-state index is 0.294. The summed E-state index contributed by atoms with van der Waals surface area (Å²) in [6, 6.07) is 5.63. The van der Waals surface area contributed by atoms with Crippen molar-refractivity contribution in [1.82, 2.24) is 14.5 Å². The van der Waals surface area contributed by atoms with Gasteiger partial charge in [-0.2, -0.15) is 0 Å². The average molecular weight is 354 g/mol. The average Bonchev–Trinajstić information content (AvgIpc) is 3.33. The quantitative estimate of drug-likeness (QED) is 0.781. The van der Waals surface area contributed by atoms with E-state index in [0.29, 0.717) is 18.1 Å². The summed E-state index contributed by atoms with van der Waals surface area (Å²) in [6.07, 6.45) is 2.68. The number of ether oxygens (including phenoxy) is 1. The predicted molar refractivity (Wildman–Crippen MR) is 96.9 cm³/mol. The van der Waals surface area contributed by atoms with Crippen LogP contribution in [0.2, 0.25) is 0 Å². The molecule has 0 aromatic carbocycles. The Morgan fingerprint density at radius 2 is 2.19 bits per heavy atom. The number of methoxy groups -OCH3 is 1. The highest BCUT2D eigenvalue weighted by Crippen LogP contribution is 2.37. The van der Waals surface area contributed by atoms with E-state index >= 15 is 0 Å². The van der Waals surface area contributed by atoms with E-state index in [1.54, 1.807) is 19.5 Å². The van der Waals surface area contributed by atoms with Gasteiger partial charge in [-0.3, -0.25) is 4.79 Å². The van der Waals surface area contributed by atoms with Gasteiger partial charge in [0.15, 0.2) is 0 Å². The van der Waals surface area contributed by atoms with Crippen molar-refractivity contribution in [2.75, 3.05) is 12.4 Å². The van der Waals surface area contributed by atoms with Gasteiger partial charge in [0.1, 0.15) is 12.0 Å². The molecule has 0 saturated heterocycles. The molecule has 26 heavy (non-hydrogen) atoms. The molecule has 7 heteroatoms. The van der Waals surface area contributed by atoms with Crippen LogP contribution in [0.4, 0.5) is 10.2 Å². The smallest absolute Gasteiger partial charge is 0.231 e. The summed E-state index contributed by atoms with van der Waals surface area (Å²) < 4.78 is 20.5. The largest absolute Gasteiger partial charge is 0.481 e. The number of rotatable bonds is 4. The summed E-state index contributed by atoms with van der Waals surface area (Å²) >= 11 is 0. The second-order valence-electron chi connectivity index (χ2n) is 6.53. The Morgan fingerprint density at radius 1 is 1.42 bits per heavy atom. The van der Waals surface area contributed by atoms with E-state index in [4.69, 9.17) is 4.74 Å². The van der Waals surface area contributed by atoms with E-state index in [-0.39, 0.29) is 5.91 Å². The summed E-state index contributed by atoms with van der Waals surface area (Å²) in [5, 5.41) is 3.68. The maximum Gasteiger partial charge on any atom is 0.231 e. The molecule has 1 saturated carbocycles. The molecule has 1 fully saturated rings. The molecule has 3 aromatic rings. The molecule has 0 aliphatic heterocycles. The fraction of sp³-hybridized carbons (Fsp3) is 0.316. The van der Waals surface area contributed by atoms with Crippen molar-refractivity contribution in [3.05, 3.63) is 36.2 Å². The number of hydrogen-bond donors (Lipinski definition) is 1. The Kier molecular flexibility index (Phi) is 3.86. The van der Waals surface area contributed by atoms with Crippen LogP contribution in [-0.2, 0) is 11.8 Å². The first-order valence-electron chi connectivity index (χ1n) is 8.40. The lowest BCUT2D eigenvalue weighted by molar-refractivity contribution is -0.117. The molecule has 2 unspecified atom stereocenters. The number of aromatic nitrogens is 3. The number of alkyl halides is 1. The zero-order valence-electron chi connectivity index (χ0n) is 14.8. The first-order valence-corrected chi connectivity index (χ1v) is 8.40. The highest BCUT2D eigenvalue weighted by atomic mass is 19.1. The third-order valence-electron chi connectivity index (χ3n) is 4.86. The second kappa shape index (κ2) is 6.09. The van der Waals surface area contributed by atoms with Crippen LogP contribution in [0.5, 0.6) is 5.88 Å². The normalized spacial score (nSPS) is 18.8. The number of anilines is 1. The predicted octanol–water partition coefficient (Wildman–Crippen LogP) is 3.25. The van der Waals surface area contributed by atoms with Crippen LogP contribution < -0.4 is 10.1 Å². The van der Waals surface area contributed by atoms with Crippen molar-refractivity contribution in [2.24, 2.45) is 13.0 Å². The first kappa shape index (κ1) is 16.5. The van der Waals surface area contributed by atoms with Gasteiger partial charge in [0.25, 0.3) is 0 Å². The van der Waals surface area contributed by atoms with Crippen LogP contribution in [0.1, 0.15) is 12.0 Å². The van der Waals surface area contributed by atoms with Crippen molar-refractivity contribution in [2.45, 2.75) is 19.5 Å². The van der Waals surface area contributed by atoms with Gasteiger partial charge >= 0.3 is 0 Å². The Hall–Kier alpha value is -2.96. The number of carbonyl (C=O) groups is 1.